The van der Waals surface area contributed by atoms with Crippen LogP contribution in [0.5, 0.6) is 0 Å². The molecule has 2 aromatic heterocycles. The molecule has 21 heavy (non-hydrogen) atoms. The van der Waals surface area contributed by atoms with Crippen LogP contribution < -0.4 is 5.32 Å². The van der Waals surface area contributed by atoms with Crippen LogP contribution in [0.2, 0.25) is 5.02 Å². The van der Waals surface area contributed by atoms with Crippen LogP contribution in [0.15, 0.2) is 18.3 Å². The van der Waals surface area contributed by atoms with Gasteiger partial charge >= 0.3 is 0 Å². The lowest BCUT2D eigenvalue weighted by Gasteiger charge is -2.29. The molecule has 0 aromatic carbocycles. The summed E-state index contributed by atoms with van der Waals surface area (Å²) in [6.07, 6.45) is 6.44. The van der Waals surface area contributed by atoms with Gasteiger partial charge in [-0.2, -0.15) is 0 Å². The van der Waals surface area contributed by atoms with Gasteiger partial charge in [-0.3, -0.25) is 9.20 Å². The number of amides is 1. The van der Waals surface area contributed by atoms with E-state index in [2.05, 4.69) is 17.2 Å². The van der Waals surface area contributed by atoms with Gasteiger partial charge in [0.05, 0.1) is 10.7 Å². The molecule has 0 radical (unpaired) electrons. The normalized spacial score (nSPS) is 22.4. The maximum Gasteiger partial charge on any atom is 0.270 e. The third kappa shape index (κ3) is 2.77. The Hall–Kier alpha value is -1.55. The number of pyridine rings is 1. The molecule has 0 spiro atoms. The minimum Gasteiger partial charge on any atom is -0.348 e. The molecule has 0 bridgehead atoms. The number of nitrogens with one attached hydrogen (secondary N) is 1. The number of hydrogen-bond donors (Lipinski definition) is 1. The number of nitrogens with zero attached hydrogens (tertiary/aromatic N) is 2. The highest BCUT2D eigenvalue weighted by Crippen LogP contribution is 2.24. The monoisotopic (exact) mass is 305 g/mol. The number of halogens is 1. The van der Waals surface area contributed by atoms with Gasteiger partial charge < -0.3 is 5.32 Å². The summed E-state index contributed by atoms with van der Waals surface area (Å²) in [5.41, 5.74) is 2.07. The van der Waals surface area contributed by atoms with Crippen molar-refractivity contribution in [3.8, 4) is 0 Å². The Morgan fingerprint density at radius 1 is 1.38 bits per heavy atom. The van der Waals surface area contributed by atoms with Crippen LogP contribution in [0.1, 0.15) is 48.8 Å². The molecule has 0 saturated heterocycles. The lowest BCUT2D eigenvalue weighted by atomic mass is 9.86. The highest BCUT2D eigenvalue weighted by Gasteiger charge is 2.25. The summed E-state index contributed by atoms with van der Waals surface area (Å²) in [5, 5.41) is 3.78. The third-order valence-electron chi connectivity index (χ3n) is 4.40. The molecule has 2 aromatic rings. The Kier molecular flexibility index (Phi) is 3.89. The van der Waals surface area contributed by atoms with E-state index in [1.165, 1.54) is 19.3 Å². The second-order valence-electron chi connectivity index (χ2n) is 5.96. The van der Waals surface area contributed by atoms with Crippen molar-refractivity contribution in [2.75, 3.05) is 0 Å². The number of carbonyl (C=O) groups excluding carboxylic acids is 1. The molecule has 2 unspecified atom stereocenters. The first kappa shape index (κ1) is 14.4. The fraction of sp³-hybridized carbons (Fsp3) is 0.500. The molecule has 2 atom stereocenters. The fourth-order valence-electron chi connectivity index (χ4n) is 3.18. The molecule has 3 rings (SSSR count). The summed E-state index contributed by atoms with van der Waals surface area (Å²) >= 11 is 6.04. The minimum atomic E-state index is -0.0546. The van der Waals surface area contributed by atoms with Crippen LogP contribution in [0.3, 0.4) is 0 Å². The van der Waals surface area contributed by atoms with Crippen molar-refractivity contribution in [3.63, 3.8) is 0 Å². The second kappa shape index (κ2) is 5.68. The summed E-state index contributed by atoms with van der Waals surface area (Å²) < 4.78 is 1.78. The average molecular weight is 306 g/mol. The highest BCUT2D eigenvalue weighted by molar-refractivity contribution is 6.30. The summed E-state index contributed by atoms with van der Waals surface area (Å²) in [6, 6.07) is 3.87. The molecule has 1 fully saturated rings. The lowest BCUT2D eigenvalue weighted by molar-refractivity contribution is 0.0903. The molecule has 1 aliphatic carbocycles. The van der Waals surface area contributed by atoms with Gasteiger partial charge in [0.25, 0.3) is 5.91 Å². The molecule has 0 aliphatic heterocycles. The van der Waals surface area contributed by atoms with Crippen molar-refractivity contribution in [1.29, 1.82) is 0 Å². The van der Waals surface area contributed by atoms with Gasteiger partial charge in [-0.05, 0) is 37.8 Å². The first-order valence-corrected chi connectivity index (χ1v) is 7.89. The maximum absolute atomic E-state index is 12.7. The average Bonchev–Trinajstić information content (AvgIpc) is 2.76. The van der Waals surface area contributed by atoms with E-state index < -0.39 is 0 Å². The third-order valence-corrected chi connectivity index (χ3v) is 4.62. The Morgan fingerprint density at radius 2 is 2.14 bits per heavy atom. The quantitative estimate of drug-likeness (QED) is 0.921. The van der Waals surface area contributed by atoms with E-state index in [0.717, 1.165) is 17.8 Å². The second-order valence-corrected chi connectivity index (χ2v) is 6.40. The number of rotatable bonds is 2. The highest BCUT2D eigenvalue weighted by atomic mass is 35.5. The van der Waals surface area contributed by atoms with E-state index in [0.29, 0.717) is 16.6 Å². The Morgan fingerprint density at radius 3 is 2.90 bits per heavy atom. The van der Waals surface area contributed by atoms with E-state index in [-0.39, 0.29) is 11.9 Å². The number of hydrogen-bond acceptors (Lipinski definition) is 2. The summed E-state index contributed by atoms with van der Waals surface area (Å²) in [5.74, 6) is 0.479. The first-order chi connectivity index (χ1) is 10.1. The Bertz CT molecular complexity index is 679. The van der Waals surface area contributed by atoms with Gasteiger partial charge in [-0.25, -0.2) is 4.98 Å². The maximum atomic E-state index is 12.7. The molecule has 112 valence electrons. The van der Waals surface area contributed by atoms with Gasteiger partial charge in [0.2, 0.25) is 0 Å². The van der Waals surface area contributed by atoms with Gasteiger partial charge in [-0.15, -0.1) is 0 Å². The molecule has 5 heteroatoms. The smallest absolute Gasteiger partial charge is 0.270 e. The van der Waals surface area contributed by atoms with Crippen molar-refractivity contribution >= 4 is 23.2 Å². The zero-order valence-corrected chi connectivity index (χ0v) is 13.2. The molecule has 1 N–H and O–H groups in total. The molecule has 1 saturated carbocycles. The molecule has 4 nitrogen and oxygen atoms in total. The van der Waals surface area contributed by atoms with Crippen LogP contribution in [0, 0.1) is 12.8 Å². The van der Waals surface area contributed by atoms with E-state index in [1.54, 1.807) is 16.7 Å². The number of fused-ring (bicyclic) bond motifs is 1. The molecular weight excluding hydrogens is 286 g/mol. The minimum absolute atomic E-state index is 0.0546. The topological polar surface area (TPSA) is 46.4 Å². The predicted molar refractivity (Wildman–Crippen MR) is 83.8 cm³/mol. The van der Waals surface area contributed by atoms with Crippen molar-refractivity contribution < 1.29 is 4.79 Å². The van der Waals surface area contributed by atoms with E-state index >= 15 is 0 Å². The summed E-state index contributed by atoms with van der Waals surface area (Å²) in [7, 11) is 0. The van der Waals surface area contributed by atoms with Crippen molar-refractivity contribution in [3.05, 3.63) is 34.7 Å². The lowest BCUT2D eigenvalue weighted by Crippen LogP contribution is -2.41. The van der Waals surface area contributed by atoms with Crippen LogP contribution >= 0.6 is 11.6 Å². The van der Waals surface area contributed by atoms with Gasteiger partial charge in [0.15, 0.2) is 0 Å². The van der Waals surface area contributed by atoms with Crippen molar-refractivity contribution in [2.24, 2.45) is 5.92 Å². The molecule has 2 heterocycles. The number of aromatic nitrogens is 2. The fourth-order valence-corrected chi connectivity index (χ4v) is 3.34. The summed E-state index contributed by atoms with van der Waals surface area (Å²) in [4.78, 5) is 17.1. The summed E-state index contributed by atoms with van der Waals surface area (Å²) in [6.45, 7) is 4.07. The van der Waals surface area contributed by atoms with Crippen LogP contribution in [0.25, 0.3) is 5.65 Å². The predicted octanol–water partition coefficient (Wildman–Crippen LogP) is 3.60. The van der Waals surface area contributed by atoms with Crippen molar-refractivity contribution in [2.45, 2.75) is 45.6 Å². The first-order valence-electron chi connectivity index (χ1n) is 7.51. The van der Waals surface area contributed by atoms with Crippen molar-refractivity contribution in [1.82, 2.24) is 14.7 Å². The van der Waals surface area contributed by atoms with E-state index in [4.69, 9.17) is 11.6 Å². The number of carbonyl (C=O) groups is 1. The molecular formula is C16H20ClN3O. The molecule has 1 aliphatic rings. The van der Waals surface area contributed by atoms with Gasteiger partial charge in [0, 0.05) is 12.2 Å². The van der Waals surface area contributed by atoms with E-state index in [1.807, 2.05) is 13.0 Å². The zero-order valence-electron chi connectivity index (χ0n) is 12.4. The SMILES string of the molecule is Cc1nc2ccc(Cl)cn2c1C(=O)NC1CCCCC1C. The number of imidazole rings is 1. The standard InChI is InChI=1S/C16H20ClN3O/c1-10-5-3-4-6-13(10)19-16(21)15-11(2)18-14-8-7-12(17)9-20(14)15/h7-10,13H,3-6H2,1-2H3,(H,19,21). The van der Waals surface area contributed by atoms with E-state index in [9.17, 15) is 4.79 Å². The van der Waals surface area contributed by atoms with Gasteiger partial charge in [-0.1, -0.05) is 31.4 Å². The largest absolute Gasteiger partial charge is 0.348 e. The number of aryl methyl sites for hydroxylation is 1. The van der Waals surface area contributed by atoms with Gasteiger partial charge in [0.1, 0.15) is 11.3 Å². The van der Waals surface area contributed by atoms with Crippen LogP contribution in [-0.4, -0.2) is 21.3 Å². The van der Waals surface area contributed by atoms with Crippen LogP contribution in [0.4, 0.5) is 0 Å². The Labute approximate surface area is 129 Å². The van der Waals surface area contributed by atoms with Crippen LogP contribution in [-0.2, 0) is 0 Å². The Balaban J connectivity index is 1.90. The molecule has 1 amide bonds. The zero-order chi connectivity index (χ0) is 15.0.